The first kappa shape index (κ1) is 12.1. The van der Waals surface area contributed by atoms with Crippen LogP contribution < -0.4 is 14.4 Å². The number of nitrogens with zero attached hydrogens (tertiary/aromatic N) is 3. The van der Waals surface area contributed by atoms with Crippen molar-refractivity contribution in [3.63, 3.8) is 0 Å². The second kappa shape index (κ2) is 5.31. The Morgan fingerprint density at radius 1 is 1.59 bits per heavy atom. The lowest BCUT2D eigenvalue weighted by molar-refractivity contribution is -0.121. The monoisotopic (exact) mass is 301 g/mol. The van der Waals surface area contributed by atoms with Crippen LogP contribution in [0.4, 0.5) is 5.69 Å². The lowest BCUT2D eigenvalue weighted by atomic mass is 10.3. The fraction of sp³-hybridized carbons (Fsp3) is 0.500. The molecule has 2 rings (SSSR count). The molecule has 0 radical (unpaired) electrons. The van der Waals surface area contributed by atoms with E-state index in [0.717, 1.165) is 11.8 Å². The van der Waals surface area contributed by atoms with Crippen LogP contribution in [0.15, 0.2) is 6.33 Å². The maximum absolute atomic E-state index is 11.8. The van der Waals surface area contributed by atoms with Gasteiger partial charge in [-0.15, -0.1) is 0 Å². The van der Waals surface area contributed by atoms with Gasteiger partial charge in [0.2, 0.25) is 11.8 Å². The Labute approximate surface area is 107 Å². The fourth-order valence-electron chi connectivity index (χ4n) is 1.62. The molecule has 1 aromatic rings. The van der Waals surface area contributed by atoms with E-state index >= 15 is 0 Å². The van der Waals surface area contributed by atoms with Crippen molar-refractivity contribution in [1.29, 1.82) is 0 Å². The van der Waals surface area contributed by atoms with Crippen molar-refractivity contribution in [1.82, 2.24) is 9.97 Å². The molecular formula is C10H12BrN3O3. The molecule has 1 aromatic heterocycles. The molecular weight excluding hydrogens is 290 g/mol. The minimum absolute atomic E-state index is 0.00938. The molecule has 0 spiro atoms. The SMILES string of the molecule is COc1ncnc2c1N(CCCBr)C(=O)CO2. The summed E-state index contributed by atoms with van der Waals surface area (Å²) in [5.74, 6) is 0.648. The summed E-state index contributed by atoms with van der Waals surface area (Å²) in [6.45, 7) is 0.597. The number of alkyl halides is 1. The highest BCUT2D eigenvalue weighted by Gasteiger charge is 2.30. The van der Waals surface area contributed by atoms with E-state index in [2.05, 4.69) is 25.9 Å². The zero-order chi connectivity index (χ0) is 12.3. The number of anilines is 1. The number of ether oxygens (including phenoxy) is 2. The van der Waals surface area contributed by atoms with Crippen LogP contribution in [0.3, 0.4) is 0 Å². The lowest BCUT2D eigenvalue weighted by Crippen LogP contribution is -2.40. The zero-order valence-corrected chi connectivity index (χ0v) is 10.9. The van der Waals surface area contributed by atoms with Gasteiger partial charge < -0.3 is 14.4 Å². The number of fused-ring (bicyclic) bond motifs is 1. The lowest BCUT2D eigenvalue weighted by Gasteiger charge is -2.28. The summed E-state index contributed by atoms with van der Waals surface area (Å²) < 4.78 is 10.4. The minimum Gasteiger partial charge on any atom is -0.479 e. The second-order valence-electron chi connectivity index (χ2n) is 3.41. The third-order valence-electron chi connectivity index (χ3n) is 2.37. The van der Waals surface area contributed by atoms with Crippen LogP contribution in [0.25, 0.3) is 0 Å². The third-order valence-corrected chi connectivity index (χ3v) is 2.93. The number of rotatable bonds is 4. The van der Waals surface area contributed by atoms with E-state index < -0.39 is 0 Å². The normalized spacial score (nSPS) is 14.2. The van der Waals surface area contributed by atoms with Crippen LogP contribution in [0.1, 0.15) is 6.42 Å². The van der Waals surface area contributed by atoms with Crippen LogP contribution in [-0.4, -0.2) is 41.5 Å². The number of carbonyl (C=O) groups excluding carboxylic acids is 1. The maximum atomic E-state index is 11.8. The number of amides is 1. The van der Waals surface area contributed by atoms with E-state index in [1.807, 2.05) is 0 Å². The standard InChI is InChI=1S/C10H12BrN3O3/c1-16-9-8-10(13-6-12-9)17-5-7(15)14(8)4-2-3-11/h6H,2-5H2,1H3. The molecule has 0 saturated heterocycles. The Balaban J connectivity index is 2.38. The summed E-state index contributed by atoms with van der Waals surface area (Å²) in [7, 11) is 1.50. The Morgan fingerprint density at radius 3 is 3.12 bits per heavy atom. The van der Waals surface area contributed by atoms with Crippen LogP contribution in [0, 0.1) is 0 Å². The Kier molecular flexibility index (Phi) is 3.78. The van der Waals surface area contributed by atoms with Crippen LogP contribution in [0.2, 0.25) is 0 Å². The molecule has 0 aliphatic carbocycles. The van der Waals surface area contributed by atoms with Crippen LogP contribution >= 0.6 is 15.9 Å². The first-order valence-electron chi connectivity index (χ1n) is 5.16. The van der Waals surface area contributed by atoms with Gasteiger partial charge in [-0.2, -0.15) is 9.97 Å². The van der Waals surface area contributed by atoms with E-state index in [0.29, 0.717) is 24.0 Å². The Bertz CT molecular complexity index is 413. The highest BCUT2D eigenvalue weighted by molar-refractivity contribution is 9.09. The minimum atomic E-state index is -0.105. The van der Waals surface area contributed by atoms with Crippen molar-refractivity contribution in [3.05, 3.63) is 6.33 Å². The zero-order valence-electron chi connectivity index (χ0n) is 9.35. The first-order valence-corrected chi connectivity index (χ1v) is 6.28. The van der Waals surface area contributed by atoms with Gasteiger partial charge >= 0.3 is 0 Å². The number of hydrogen-bond acceptors (Lipinski definition) is 5. The van der Waals surface area contributed by atoms with Gasteiger partial charge in [-0.05, 0) is 6.42 Å². The molecule has 2 heterocycles. The van der Waals surface area contributed by atoms with Crippen molar-refractivity contribution in [2.45, 2.75) is 6.42 Å². The molecule has 0 saturated carbocycles. The molecule has 0 atom stereocenters. The van der Waals surface area contributed by atoms with Crippen molar-refractivity contribution in [3.8, 4) is 11.8 Å². The third kappa shape index (κ3) is 2.33. The van der Waals surface area contributed by atoms with Gasteiger partial charge in [0.25, 0.3) is 5.91 Å². The summed E-state index contributed by atoms with van der Waals surface area (Å²) in [5.41, 5.74) is 0.521. The van der Waals surface area contributed by atoms with E-state index in [4.69, 9.17) is 9.47 Å². The van der Waals surface area contributed by atoms with Gasteiger partial charge in [-0.25, -0.2) is 0 Å². The Hall–Kier alpha value is -1.37. The summed E-state index contributed by atoms with van der Waals surface area (Å²) in [5, 5.41) is 0.822. The number of aromatic nitrogens is 2. The molecule has 1 amide bonds. The van der Waals surface area contributed by atoms with Gasteiger partial charge in [0.1, 0.15) is 6.33 Å². The van der Waals surface area contributed by atoms with Gasteiger partial charge in [-0.1, -0.05) is 15.9 Å². The first-order chi connectivity index (χ1) is 8.27. The summed E-state index contributed by atoms with van der Waals surface area (Å²) in [6, 6.07) is 0. The molecule has 0 fully saturated rings. The molecule has 7 heteroatoms. The quantitative estimate of drug-likeness (QED) is 0.776. The van der Waals surface area contributed by atoms with Crippen LogP contribution in [0.5, 0.6) is 11.8 Å². The average molecular weight is 302 g/mol. The molecule has 0 aromatic carbocycles. The molecule has 1 aliphatic heterocycles. The van der Waals surface area contributed by atoms with E-state index in [9.17, 15) is 4.79 Å². The second-order valence-corrected chi connectivity index (χ2v) is 4.21. The van der Waals surface area contributed by atoms with Gasteiger partial charge in [0, 0.05) is 11.9 Å². The largest absolute Gasteiger partial charge is 0.479 e. The molecule has 1 aliphatic rings. The molecule has 92 valence electrons. The summed E-state index contributed by atoms with van der Waals surface area (Å²) >= 11 is 3.34. The van der Waals surface area contributed by atoms with Gasteiger partial charge in [-0.3, -0.25) is 4.79 Å². The number of hydrogen-bond donors (Lipinski definition) is 0. The molecule has 0 bridgehead atoms. The van der Waals surface area contributed by atoms with Crippen molar-refractivity contribution in [2.75, 3.05) is 30.5 Å². The summed E-state index contributed by atoms with van der Waals surface area (Å²) in [4.78, 5) is 21.4. The number of carbonyl (C=O) groups is 1. The van der Waals surface area contributed by atoms with Crippen molar-refractivity contribution < 1.29 is 14.3 Å². The van der Waals surface area contributed by atoms with Crippen molar-refractivity contribution >= 4 is 27.5 Å². The Morgan fingerprint density at radius 2 is 2.41 bits per heavy atom. The van der Waals surface area contributed by atoms with E-state index in [1.54, 1.807) is 4.90 Å². The van der Waals surface area contributed by atoms with Crippen LogP contribution in [-0.2, 0) is 4.79 Å². The topological polar surface area (TPSA) is 64.6 Å². The smallest absolute Gasteiger partial charge is 0.265 e. The van der Waals surface area contributed by atoms with Gasteiger partial charge in [0.05, 0.1) is 7.11 Å². The van der Waals surface area contributed by atoms with E-state index in [-0.39, 0.29) is 12.5 Å². The van der Waals surface area contributed by atoms with Gasteiger partial charge in [0.15, 0.2) is 12.3 Å². The van der Waals surface area contributed by atoms with E-state index in [1.165, 1.54) is 13.4 Å². The van der Waals surface area contributed by atoms with Crippen molar-refractivity contribution in [2.24, 2.45) is 0 Å². The highest BCUT2D eigenvalue weighted by atomic mass is 79.9. The fourth-order valence-corrected chi connectivity index (χ4v) is 1.87. The summed E-state index contributed by atoms with van der Waals surface area (Å²) in [6.07, 6.45) is 2.19. The number of methoxy groups -OCH3 is 1. The molecule has 6 nitrogen and oxygen atoms in total. The molecule has 0 unspecified atom stereocenters. The number of halogens is 1. The highest BCUT2D eigenvalue weighted by Crippen LogP contribution is 2.36. The predicted molar refractivity (Wildman–Crippen MR) is 64.8 cm³/mol. The predicted octanol–water partition coefficient (Wildman–Crippen LogP) is 0.996. The average Bonchev–Trinajstić information content (AvgIpc) is 2.37. The molecule has 0 N–H and O–H groups in total. The molecule has 17 heavy (non-hydrogen) atoms. The maximum Gasteiger partial charge on any atom is 0.265 e.